The van der Waals surface area contributed by atoms with E-state index in [9.17, 15) is 0 Å². The molecule has 0 aromatic carbocycles. The van der Waals surface area contributed by atoms with Gasteiger partial charge in [-0.2, -0.15) is 16.9 Å². The molecular formula is C11H19N3S2. The van der Waals surface area contributed by atoms with Crippen LogP contribution in [0.2, 0.25) is 0 Å². The number of aromatic amines is 1. The second kappa shape index (κ2) is 4.92. The number of hydrogen-bond acceptors (Lipinski definition) is 3. The molecule has 16 heavy (non-hydrogen) atoms. The second-order valence-electron chi connectivity index (χ2n) is 4.48. The SMILES string of the molecule is CCc1n[nH]c(=S)n1CC1(SC)CCCC1. The average molecular weight is 257 g/mol. The molecule has 1 aromatic rings. The lowest BCUT2D eigenvalue weighted by Gasteiger charge is -2.27. The summed E-state index contributed by atoms with van der Waals surface area (Å²) in [4.78, 5) is 0. The molecule has 3 nitrogen and oxygen atoms in total. The summed E-state index contributed by atoms with van der Waals surface area (Å²) in [6.07, 6.45) is 8.49. The van der Waals surface area contributed by atoms with Gasteiger partial charge in [-0.1, -0.05) is 19.8 Å². The maximum absolute atomic E-state index is 5.31. The molecule has 0 amide bonds. The van der Waals surface area contributed by atoms with Crippen molar-refractivity contribution in [3.05, 3.63) is 10.6 Å². The number of nitrogens with one attached hydrogen (secondary N) is 1. The minimum Gasteiger partial charge on any atom is -0.303 e. The maximum atomic E-state index is 5.31. The molecule has 1 saturated carbocycles. The van der Waals surface area contributed by atoms with Gasteiger partial charge in [0.2, 0.25) is 0 Å². The number of H-pyrrole nitrogens is 1. The Morgan fingerprint density at radius 1 is 1.50 bits per heavy atom. The Morgan fingerprint density at radius 3 is 2.75 bits per heavy atom. The molecule has 0 bridgehead atoms. The monoisotopic (exact) mass is 257 g/mol. The number of rotatable bonds is 4. The molecular weight excluding hydrogens is 238 g/mol. The van der Waals surface area contributed by atoms with Gasteiger partial charge in [-0.05, 0) is 31.3 Å². The van der Waals surface area contributed by atoms with Gasteiger partial charge in [0.15, 0.2) is 4.77 Å². The minimum atomic E-state index is 0.395. The highest BCUT2D eigenvalue weighted by Crippen LogP contribution is 2.41. The Balaban J connectivity index is 2.24. The van der Waals surface area contributed by atoms with Crippen molar-refractivity contribution in [2.75, 3.05) is 6.26 Å². The van der Waals surface area contributed by atoms with E-state index >= 15 is 0 Å². The number of thioether (sulfide) groups is 1. The number of nitrogens with zero attached hydrogens (tertiary/aromatic N) is 2. The van der Waals surface area contributed by atoms with E-state index in [1.807, 2.05) is 11.8 Å². The molecule has 90 valence electrons. The van der Waals surface area contributed by atoms with Gasteiger partial charge in [0.05, 0.1) is 0 Å². The highest BCUT2D eigenvalue weighted by molar-refractivity contribution is 8.00. The van der Waals surface area contributed by atoms with Crippen LogP contribution in [0.25, 0.3) is 0 Å². The second-order valence-corrected chi connectivity index (χ2v) is 6.14. The van der Waals surface area contributed by atoms with E-state index in [1.165, 1.54) is 25.7 Å². The first-order valence-corrected chi connectivity index (χ1v) is 7.53. The van der Waals surface area contributed by atoms with Crippen LogP contribution in [0.15, 0.2) is 0 Å². The van der Waals surface area contributed by atoms with Crippen molar-refractivity contribution in [2.45, 2.75) is 50.3 Å². The quantitative estimate of drug-likeness (QED) is 0.841. The van der Waals surface area contributed by atoms with E-state index < -0.39 is 0 Å². The summed E-state index contributed by atoms with van der Waals surface area (Å²) in [6.45, 7) is 3.15. The Bertz CT molecular complexity index is 402. The van der Waals surface area contributed by atoms with Crippen LogP contribution in [-0.4, -0.2) is 25.8 Å². The Labute approximate surface area is 106 Å². The van der Waals surface area contributed by atoms with E-state index in [4.69, 9.17) is 12.2 Å². The van der Waals surface area contributed by atoms with Crippen molar-refractivity contribution >= 4 is 24.0 Å². The van der Waals surface area contributed by atoms with Crippen LogP contribution < -0.4 is 0 Å². The van der Waals surface area contributed by atoms with Gasteiger partial charge >= 0.3 is 0 Å². The smallest absolute Gasteiger partial charge is 0.195 e. The molecule has 0 radical (unpaired) electrons. The Morgan fingerprint density at radius 2 is 2.19 bits per heavy atom. The summed E-state index contributed by atoms with van der Waals surface area (Å²) in [5.41, 5.74) is 0. The van der Waals surface area contributed by atoms with Crippen LogP contribution in [-0.2, 0) is 13.0 Å². The highest BCUT2D eigenvalue weighted by Gasteiger charge is 2.34. The summed E-state index contributed by atoms with van der Waals surface area (Å²) in [7, 11) is 0. The van der Waals surface area contributed by atoms with Crippen molar-refractivity contribution in [1.29, 1.82) is 0 Å². The number of aryl methyl sites for hydroxylation is 1. The summed E-state index contributed by atoms with van der Waals surface area (Å²) >= 11 is 7.30. The average Bonchev–Trinajstić information content (AvgIpc) is 2.89. The molecule has 0 atom stereocenters. The van der Waals surface area contributed by atoms with Crippen LogP contribution in [0.5, 0.6) is 0 Å². The number of hydrogen-bond donors (Lipinski definition) is 1. The lowest BCUT2D eigenvalue weighted by Crippen LogP contribution is -2.27. The van der Waals surface area contributed by atoms with E-state index in [2.05, 4.69) is 27.9 Å². The van der Waals surface area contributed by atoms with Gasteiger partial charge in [0.1, 0.15) is 5.82 Å². The normalized spacial score (nSPS) is 19.1. The van der Waals surface area contributed by atoms with Crippen molar-refractivity contribution in [1.82, 2.24) is 14.8 Å². The molecule has 0 saturated heterocycles. The van der Waals surface area contributed by atoms with Gasteiger partial charge in [-0.25, -0.2) is 0 Å². The fraction of sp³-hybridized carbons (Fsp3) is 0.818. The van der Waals surface area contributed by atoms with Crippen LogP contribution in [0, 0.1) is 4.77 Å². The predicted octanol–water partition coefficient (Wildman–Crippen LogP) is 3.18. The molecule has 2 rings (SSSR count). The standard InChI is InChI=1S/C11H19N3S2/c1-3-9-12-13-10(15)14(9)8-11(16-2)6-4-5-7-11/h3-8H2,1-2H3,(H,13,15). The lowest BCUT2D eigenvalue weighted by atomic mass is 10.1. The molecule has 1 aliphatic rings. The molecule has 5 heteroatoms. The first kappa shape index (κ1) is 12.2. The third-order valence-electron chi connectivity index (χ3n) is 3.55. The van der Waals surface area contributed by atoms with Gasteiger partial charge in [-0.15, -0.1) is 0 Å². The molecule has 0 unspecified atom stereocenters. The van der Waals surface area contributed by atoms with E-state index in [0.29, 0.717) is 4.75 Å². The lowest BCUT2D eigenvalue weighted by molar-refractivity contribution is 0.489. The summed E-state index contributed by atoms with van der Waals surface area (Å²) in [5.74, 6) is 1.09. The zero-order valence-electron chi connectivity index (χ0n) is 9.95. The fourth-order valence-corrected chi connectivity index (χ4v) is 3.69. The zero-order valence-corrected chi connectivity index (χ0v) is 11.6. The molecule has 1 heterocycles. The molecule has 1 aromatic heterocycles. The van der Waals surface area contributed by atoms with Crippen LogP contribution in [0.1, 0.15) is 38.4 Å². The van der Waals surface area contributed by atoms with Crippen LogP contribution >= 0.6 is 24.0 Å². The van der Waals surface area contributed by atoms with Gasteiger partial charge < -0.3 is 4.57 Å². The van der Waals surface area contributed by atoms with Crippen molar-refractivity contribution in [2.24, 2.45) is 0 Å². The third-order valence-corrected chi connectivity index (χ3v) is 5.26. The summed E-state index contributed by atoms with van der Waals surface area (Å²) in [5, 5.41) is 7.19. The Kier molecular flexibility index (Phi) is 3.74. The first-order chi connectivity index (χ1) is 7.71. The van der Waals surface area contributed by atoms with Crippen LogP contribution in [0.4, 0.5) is 0 Å². The summed E-state index contributed by atoms with van der Waals surface area (Å²) < 4.78 is 3.36. The van der Waals surface area contributed by atoms with E-state index in [0.717, 1.165) is 23.6 Å². The highest BCUT2D eigenvalue weighted by atomic mass is 32.2. The number of aromatic nitrogens is 3. The van der Waals surface area contributed by atoms with Crippen molar-refractivity contribution in [3.8, 4) is 0 Å². The van der Waals surface area contributed by atoms with E-state index in [1.54, 1.807) is 0 Å². The molecule has 1 aliphatic carbocycles. The molecule has 0 spiro atoms. The minimum absolute atomic E-state index is 0.395. The van der Waals surface area contributed by atoms with Crippen molar-refractivity contribution < 1.29 is 0 Å². The van der Waals surface area contributed by atoms with Gasteiger partial charge in [0.25, 0.3) is 0 Å². The predicted molar refractivity (Wildman–Crippen MR) is 71.5 cm³/mol. The van der Waals surface area contributed by atoms with Gasteiger partial charge in [-0.3, -0.25) is 5.10 Å². The van der Waals surface area contributed by atoms with E-state index in [-0.39, 0.29) is 0 Å². The topological polar surface area (TPSA) is 33.6 Å². The zero-order chi connectivity index (χ0) is 11.6. The third kappa shape index (κ3) is 2.20. The fourth-order valence-electron chi connectivity index (χ4n) is 2.52. The molecule has 1 N–H and O–H groups in total. The van der Waals surface area contributed by atoms with Crippen molar-refractivity contribution in [3.63, 3.8) is 0 Å². The maximum Gasteiger partial charge on any atom is 0.195 e. The molecule has 0 aliphatic heterocycles. The molecule has 1 fully saturated rings. The van der Waals surface area contributed by atoms with Crippen LogP contribution in [0.3, 0.4) is 0 Å². The summed E-state index contributed by atoms with van der Waals surface area (Å²) in [6, 6.07) is 0. The largest absolute Gasteiger partial charge is 0.303 e. The first-order valence-electron chi connectivity index (χ1n) is 5.90. The van der Waals surface area contributed by atoms with Gasteiger partial charge in [0, 0.05) is 17.7 Å². The Hall–Kier alpha value is -0.290.